The van der Waals surface area contributed by atoms with Crippen LogP contribution in [0.5, 0.6) is 17.2 Å². The van der Waals surface area contributed by atoms with Crippen LogP contribution < -0.4 is 23.8 Å². The molecule has 174 valence electrons. The number of amides is 1. The summed E-state index contributed by atoms with van der Waals surface area (Å²) in [5.41, 5.74) is 1.04. The van der Waals surface area contributed by atoms with Crippen molar-refractivity contribution in [1.29, 1.82) is 0 Å². The summed E-state index contributed by atoms with van der Waals surface area (Å²) in [7, 11) is 0.405. The summed E-state index contributed by atoms with van der Waals surface area (Å²) in [6, 6.07) is 19.9. The minimum absolute atomic E-state index is 0.0535. The van der Waals surface area contributed by atoms with Gasteiger partial charge in [-0.1, -0.05) is 30.3 Å². The first-order valence-corrected chi connectivity index (χ1v) is 11.5. The molecule has 9 heteroatoms. The predicted octanol–water partition coefficient (Wildman–Crippen LogP) is 3.22. The number of benzene rings is 3. The van der Waals surface area contributed by atoms with E-state index >= 15 is 0 Å². The van der Waals surface area contributed by atoms with E-state index in [2.05, 4.69) is 5.32 Å². The number of methoxy groups -OCH3 is 3. The number of ether oxygens (including phenoxy) is 3. The van der Waals surface area contributed by atoms with Crippen LogP contribution in [0.15, 0.2) is 77.7 Å². The van der Waals surface area contributed by atoms with Crippen molar-refractivity contribution >= 4 is 21.6 Å². The third kappa shape index (κ3) is 5.75. The minimum atomic E-state index is -4.08. The maximum atomic E-state index is 13.5. The molecule has 8 nitrogen and oxygen atoms in total. The molecule has 0 aliphatic carbocycles. The van der Waals surface area contributed by atoms with Crippen molar-refractivity contribution in [2.24, 2.45) is 0 Å². The van der Waals surface area contributed by atoms with Crippen molar-refractivity contribution in [2.45, 2.75) is 11.4 Å². The van der Waals surface area contributed by atoms with Crippen LogP contribution >= 0.6 is 0 Å². The number of anilines is 1. The molecule has 33 heavy (non-hydrogen) atoms. The largest absolute Gasteiger partial charge is 0.497 e. The maximum Gasteiger partial charge on any atom is 0.264 e. The van der Waals surface area contributed by atoms with Crippen molar-refractivity contribution < 1.29 is 27.4 Å². The highest BCUT2D eigenvalue weighted by molar-refractivity contribution is 7.92. The second-order valence-corrected chi connectivity index (χ2v) is 8.85. The molecule has 0 aliphatic heterocycles. The predicted molar refractivity (Wildman–Crippen MR) is 125 cm³/mol. The number of carbonyl (C=O) groups excluding carboxylic acids is 1. The molecule has 0 radical (unpaired) electrons. The zero-order valence-corrected chi connectivity index (χ0v) is 19.5. The topological polar surface area (TPSA) is 94.2 Å². The van der Waals surface area contributed by atoms with Crippen LogP contribution in [-0.4, -0.2) is 42.2 Å². The molecule has 3 aromatic rings. The fourth-order valence-electron chi connectivity index (χ4n) is 3.14. The highest BCUT2D eigenvalue weighted by Crippen LogP contribution is 2.35. The second kappa shape index (κ2) is 10.7. The molecule has 3 aromatic carbocycles. The smallest absolute Gasteiger partial charge is 0.264 e. The Morgan fingerprint density at radius 1 is 0.848 bits per heavy atom. The summed E-state index contributed by atoms with van der Waals surface area (Å²) >= 11 is 0. The SMILES string of the molecule is COc1ccc(CNC(=O)CN(c2cc(OC)ccc2OC)S(=O)(=O)c2ccccc2)cc1. The lowest BCUT2D eigenvalue weighted by atomic mass is 10.2. The van der Waals surface area contributed by atoms with Gasteiger partial charge in [-0.2, -0.15) is 0 Å². The third-order valence-corrected chi connectivity index (χ3v) is 6.70. The standard InChI is InChI=1S/C24H26N2O6S/c1-30-19-11-9-18(10-12-19)16-25-24(27)17-26(33(28,29)21-7-5-4-6-8-21)22-15-20(31-2)13-14-23(22)32-3/h4-15H,16-17H2,1-3H3,(H,25,27). The van der Waals surface area contributed by atoms with Gasteiger partial charge in [0.1, 0.15) is 23.8 Å². The fourth-order valence-corrected chi connectivity index (χ4v) is 4.59. The van der Waals surface area contributed by atoms with Crippen LogP contribution in [0, 0.1) is 0 Å². The van der Waals surface area contributed by atoms with Gasteiger partial charge in [0.15, 0.2) is 0 Å². The first-order chi connectivity index (χ1) is 15.9. The molecule has 0 bridgehead atoms. The number of rotatable bonds is 10. The van der Waals surface area contributed by atoms with Crippen LogP contribution in [0.25, 0.3) is 0 Å². The molecule has 0 aliphatic rings. The van der Waals surface area contributed by atoms with E-state index in [9.17, 15) is 13.2 Å². The van der Waals surface area contributed by atoms with Gasteiger partial charge in [0.25, 0.3) is 10.0 Å². The van der Waals surface area contributed by atoms with Crippen molar-refractivity contribution in [1.82, 2.24) is 5.32 Å². The normalized spacial score (nSPS) is 10.9. The molecule has 1 N–H and O–H groups in total. The number of carbonyl (C=O) groups is 1. The van der Waals surface area contributed by atoms with Gasteiger partial charge >= 0.3 is 0 Å². The number of nitrogens with one attached hydrogen (secondary N) is 1. The molecule has 0 saturated heterocycles. The first kappa shape index (κ1) is 23.9. The molecule has 0 spiro atoms. The molecule has 0 atom stereocenters. The number of nitrogens with zero attached hydrogens (tertiary/aromatic N) is 1. The quantitative estimate of drug-likeness (QED) is 0.489. The zero-order chi connectivity index (χ0) is 23.8. The third-order valence-electron chi connectivity index (χ3n) is 4.92. The van der Waals surface area contributed by atoms with Gasteiger partial charge in [-0.05, 0) is 42.0 Å². The van der Waals surface area contributed by atoms with E-state index in [-0.39, 0.29) is 17.1 Å². The van der Waals surface area contributed by atoms with Crippen molar-refractivity contribution in [2.75, 3.05) is 32.2 Å². The van der Waals surface area contributed by atoms with Crippen LogP contribution in [-0.2, 0) is 21.4 Å². The lowest BCUT2D eigenvalue weighted by molar-refractivity contribution is -0.119. The Morgan fingerprint density at radius 3 is 2.09 bits per heavy atom. The average molecular weight is 471 g/mol. The van der Waals surface area contributed by atoms with E-state index < -0.39 is 22.5 Å². The van der Waals surface area contributed by atoms with E-state index in [1.165, 1.54) is 32.4 Å². The maximum absolute atomic E-state index is 13.5. The molecule has 1 amide bonds. The molecule has 0 heterocycles. The lowest BCUT2D eigenvalue weighted by Crippen LogP contribution is -2.40. The molecule has 0 unspecified atom stereocenters. The van der Waals surface area contributed by atoms with Gasteiger partial charge in [0.05, 0.1) is 31.9 Å². The van der Waals surface area contributed by atoms with Crippen molar-refractivity contribution in [3.05, 3.63) is 78.4 Å². The van der Waals surface area contributed by atoms with Gasteiger partial charge in [0.2, 0.25) is 5.91 Å². The summed E-state index contributed by atoms with van der Waals surface area (Å²) in [6.45, 7) is -0.214. The second-order valence-electron chi connectivity index (χ2n) is 6.99. The van der Waals surface area contributed by atoms with E-state index in [0.29, 0.717) is 17.2 Å². The van der Waals surface area contributed by atoms with Crippen molar-refractivity contribution in [3.63, 3.8) is 0 Å². The number of sulfonamides is 1. The van der Waals surface area contributed by atoms with Crippen LogP contribution in [0.4, 0.5) is 5.69 Å². The number of hydrogen-bond acceptors (Lipinski definition) is 6. The Balaban J connectivity index is 1.91. The Kier molecular flexibility index (Phi) is 7.78. The van der Waals surface area contributed by atoms with E-state index in [1.54, 1.807) is 49.6 Å². The zero-order valence-electron chi connectivity index (χ0n) is 18.6. The highest BCUT2D eigenvalue weighted by atomic mass is 32.2. The van der Waals surface area contributed by atoms with E-state index in [0.717, 1.165) is 9.87 Å². The summed E-state index contributed by atoms with van der Waals surface area (Å²) in [5, 5.41) is 2.77. The molecule has 0 aromatic heterocycles. The Labute approximate surface area is 193 Å². The Morgan fingerprint density at radius 2 is 1.48 bits per heavy atom. The number of hydrogen-bond donors (Lipinski definition) is 1. The average Bonchev–Trinajstić information content (AvgIpc) is 2.86. The molecular weight excluding hydrogens is 444 g/mol. The van der Waals surface area contributed by atoms with Gasteiger partial charge in [0, 0.05) is 12.6 Å². The summed E-state index contributed by atoms with van der Waals surface area (Å²) < 4.78 is 43.8. The summed E-state index contributed by atoms with van der Waals surface area (Å²) in [4.78, 5) is 12.9. The van der Waals surface area contributed by atoms with Gasteiger partial charge < -0.3 is 19.5 Å². The van der Waals surface area contributed by atoms with Crippen LogP contribution in [0.1, 0.15) is 5.56 Å². The van der Waals surface area contributed by atoms with E-state index in [4.69, 9.17) is 14.2 Å². The summed E-state index contributed by atoms with van der Waals surface area (Å²) in [6.07, 6.45) is 0. The lowest BCUT2D eigenvalue weighted by Gasteiger charge is -2.26. The molecule has 0 saturated carbocycles. The Hall–Kier alpha value is -3.72. The van der Waals surface area contributed by atoms with Gasteiger partial charge in [-0.3, -0.25) is 9.10 Å². The molecular formula is C24H26N2O6S. The fraction of sp³-hybridized carbons (Fsp3) is 0.208. The van der Waals surface area contributed by atoms with E-state index in [1.807, 2.05) is 12.1 Å². The first-order valence-electron chi connectivity index (χ1n) is 10.1. The monoisotopic (exact) mass is 470 g/mol. The molecule has 0 fully saturated rings. The highest BCUT2D eigenvalue weighted by Gasteiger charge is 2.29. The Bertz CT molecular complexity index is 1180. The van der Waals surface area contributed by atoms with Gasteiger partial charge in [-0.25, -0.2) is 8.42 Å². The molecule has 3 rings (SSSR count). The minimum Gasteiger partial charge on any atom is -0.497 e. The van der Waals surface area contributed by atoms with Gasteiger partial charge in [-0.15, -0.1) is 0 Å². The van der Waals surface area contributed by atoms with Crippen LogP contribution in [0.2, 0.25) is 0 Å². The summed E-state index contributed by atoms with van der Waals surface area (Å²) in [5.74, 6) is 0.946. The van der Waals surface area contributed by atoms with Crippen LogP contribution in [0.3, 0.4) is 0 Å². The van der Waals surface area contributed by atoms with Crippen molar-refractivity contribution in [3.8, 4) is 17.2 Å².